The minimum absolute atomic E-state index is 0. The molecule has 2 atom stereocenters. The maximum Gasteiger partial charge on any atom is 6.00 e. The standard InChI is InChI=1S/2C10H22N2.2CHO.Ru/c2*1-9(2,3)8(11-7)12-10(4,5)6;2*1-2;/h2*8H,1-7H3;2*1H;/q2*-2;2*-1;+6. The third-order valence-corrected chi connectivity index (χ3v) is 3.06. The van der Waals surface area contributed by atoms with Gasteiger partial charge in [-0.25, -0.2) is 12.3 Å². The van der Waals surface area contributed by atoms with Crippen LogP contribution < -0.4 is 0 Å². The van der Waals surface area contributed by atoms with Gasteiger partial charge in [-0.1, -0.05) is 93.9 Å². The Morgan fingerprint density at radius 2 is 0.690 bits per heavy atom. The van der Waals surface area contributed by atoms with E-state index in [2.05, 4.69) is 118 Å². The predicted molar refractivity (Wildman–Crippen MR) is 125 cm³/mol. The van der Waals surface area contributed by atoms with Crippen LogP contribution in [0, 0.1) is 10.8 Å². The van der Waals surface area contributed by atoms with Crippen LogP contribution in [0.25, 0.3) is 21.3 Å². The number of hydrogen-bond donors (Lipinski definition) is 0. The van der Waals surface area contributed by atoms with Gasteiger partial charge >= 0.3 is 19.5 Å². The second kappa shape index (κ2) is 17.5. The summed E-state index contributed by atoms with van der Waals surface area (Å²) >= 11 is 0. The van der Waals surface area contributed by atoms with E-state index in [0.717, 1.165) is 0 Å². The third-order valence-electron chi connectivity index (χ3n) is 3.06. The van der Waals surface area contributed by atoms with Gasteiger partial charge in [0.15, 0.2) is 0 Å². The Kier molecular flexibility index (Phi) is 23.7. The molecular weight excluding hydrogens is 453 g/mol. The van der Waals surface area contributed by atoms with E-state index in [9.17, 15) is 0 Å². The fourth-order valence-electron chi connectivity index (χ4n) is 2.01. The van der Waals surface area contributed by atoms with Crippen LogP contribution in [0.5, 0.6) is 0 Å². The Hall–Kier alpha value is -0.197. The quantitative estimate of drug-likeness (QED) is 0.250. The van der Waals surface area contributed by atoms with E-state index in [1.165, 1.54) is 0 Å². The van der Waals surface area contributed by atoms with Crippen LogP contribution in [-0.2, 0) is 29.1 Å². The van der Waals surface area contributed by atoms with Crippen molar-refractivity contribution >= 4 is 13.6 Å². The van der Waals surface area contributed by atoms with Gasteiger partial charge in [-0.3, -0.25) is 13.6 Å². The molecule has 2 unspecified atom stereocenters. The fourth-order valence-corrected chi connectivity index (χ4v) is 2.01. The molecule has 174 valence electrons. The summed E-state index contributed by atoms with van der Waals surface area (Å²) < 4.78 is 0. The normalized spacial score (nSPS) is 13.7. The summed E-state index contributed by atoms with van der Waals surface area (Å²) in [6.07, 6.45) is 0.218. The van der Waals surface area contributed by atoms with Crippen molar-refractivity contribution in [3.05, 3.63) is 21.3 Å². The summed E-state index contributed by atoms with van der Waals surface area (Å²) in [7, 11) is 3.68. The van der Waals surface area contributed by atoms with E-state index >= 15 is 0 Å². The van der Waals surface area contributed by atoms with Crippen molar-refractivity contribution in [2.75, 3.05) is 14.1 Å². The first-order valence-corrected chi connectivity index (χ1v) is 9.42. The first kappa shape index (κ1) is 39.3. The zero-order valence-corrected chi connectivity index (χ0v) is 23.0. The maximum absolute atomic E-state index is 7.75. The van der Waals surface area contributed by atoms with Crippen LogP contribution in [0.2, 0.25) is 0 Å². The van der Waals surface area contributed by atoms with Gasteiger partial charge in [0.05, 0.1) is 0 Å². The minimum Gasteiger partial charge on any atom is -0.680 e. The number of rotatable bonds is 4. The molecule has 0 saturated heterocycles. The van der Waals surface area contributed by atoms with Gasteiger partial charge in [-0.2, -0.15) is 14.1 Å². The topological polar surface area (TPSA) is 90.5 Å². The Morgan fingerprint density at radius 1 is 0.517 bits per heavy atom. The van der Waals surface area contributed by atoms with Crippen LogP contribution in [-0.4, -0.2) is 51.1 Å². The van der Waals surface area contributed by atoms with Gasteiger partial charge < -0.3 is 30.9 Å². The molecule has 0 spiro atoms. The van der Waals surface area contributed by atoms with E-state index in [-0.39, 0.29) is 53.7 Å². The van der Waals surface area contributed by atoms with Crippen LogP contribution in [0.3, 0.4) is 0 Å². The second-order valence-corrected chi connectivity index (χ2v) is 10.6. The zero-order valence-electron chi connectivity index (χ0n) is 21.3. The molecule has 0 aromatic rings. The van der Waals surface area contributed by atoms with Crippen molar-refractivity contribution in [2.45, 2.75) is 106 Å². The van der Waals surface area contributed by atoms with Crippen molar-refractivity contribution in [3.8, 4) is 0 Å². The van der Waals surface area contributed by atoms with E-state index in [0.29, 0.717) is 0 Å². The Bertz CT molecular complexity index is 331. The SMILES string of the molecule is C[N-]C([N-]C(C)(C)C)C(C)(C)C.C[N-]C([N-]C(C)(C)C)C(C)(C)C.[CH-]=O.[CH-]=O.[Ru+6]. The zero-order chi connectivity index (χ0) is 24.0. The van der Waals surface area contributed by atoms with Gasteiger partial charge in [0.25, 0.3) is 0 Å². The molecule has 0 amide bonds. The van der Waals surface area contributed by atoms with Crippen molar-refractivity contribution in [1.82, 2.24) is 0 Å². The molecular formula is C22H46N4O2Ru. The largest absolute Gasteiger partial charge is 6.00 e. The van der Waals surface area contributed by atoms with E-state index in [1.54, 1.807) is 0 Å². The molecule has 0 radical (unpaired) electrons. The molecule has 29 heavy (non-hydrogen) atoms. The molecule has 0 aliphatic carbocycles. The summed E-state index contributed by atoms with van der Waals surface area (Å²) in [6.45, 7) is 32.1. The summed E-state index contributed by atoms with van der Waals surface area (Å²) in [4.78, 5) is 15.5. The summed E-state index contributed by atoms with van der Waals surface area (Å²) in [5, 5.41) is 17.8. The van der Waals surface area contributed by atoms with Gasteiger partial charge in [-0.05, 0) is 0 Å². The molecule has 0 fully saturated rings. The Morgan fingerprint density at radius 3 is 0.724 bits per heavy atom. The average molecular weight is 500 g/mol. The van der Waals surface area contributed by atoms with Gasteiger partial charge in [0, 0.05) is 0 Å². The molecule has 0 aliphatic rings. The first-order chi connectivity index (χ1) is 12.3. The summed E-state index contributed by atoms with van der Waals surface area (Å²) in [5.74, 6) is 0. The van der Waals surface area contributed by atoms with Crippen LogP contribution >= 0.6 is 0 Å². The molecule has 0 heterocycles. The van der Waals surface area contributed by atoms with Gasteiger partial charge in [-0.15, -0.1) is 11.1 Å². The van der Waals surface area contributed by atoms with E-state index in [1.807, 2.05) is 14.1 Å². The van der Waals surface area contributed by atoms with Crippen molar-refractivity contribution in [3.63, 3.8) is 0 Å². The predicted octanol–water partition coefficient (Wildman–Crippen LogP) is 6.52. The number of hydrogen-bond acceptors (Lipinski definition) is 2. The number of nitrogens with zero attached hydrogens (tertiary/aromatic N) is 4. The van der Waals surface area contributed by atoms with Crippen LogP contribution in [0.4, 0.5) is 0 Å². The van der Waals surface area contributed by atoms with E-state index < -0.39 is 0 Å². The molecule has 0 rings (SSSR count). The number of carbonyl (C=O) groups excluding carboxylic acids is 2. The monoisotopic (exact) mass is 500 g/mol. The third kappa shape index (κ3) is 27.8. The Labute approximate surface area is 195 Å². The molecule has 6 nitrogen and oxygen atoms in total. The van der Waals surface area contributed by atoms with Gasteiger partial charge in [0.1, 0.15) is 0 Å². The smallest absolute Gasteiger partial charge is 0.680 e. The Balaban J connectivity index is -0.000000109. The summed E-state index contributed by atoms with van der Waals surface area (Å²) in [5.41, 5.74) is 0.305. The maximum atomic E-state index is 7.75. The van der Waals surface area contributed by atoms with Crippen LogP contribution in [0.1, 0.15) is 83.1 Å². The molecule has 0 aromatic heterocycles. The first-order valence-electron chi connectivity index (χ1n) is 9.42. The fraction of sp³-hybridized carbons (Fsp3) is 0.909. The molecule has 0 saturated carbocycles. The van der Waals surface area contributed by atoms with E-state index in [4.69, 9.17) is 9.59 Å². The molecule has 0 N–H and O–H groups in total. The molecule has 0 aromatic carbocycles. The molecule has 0 bridgehead atoms. The summed E-state index contributed by atoms with van der Waals surface area (Å²) in [6, 6.07) is 0. The second-order valence-electron chi connectivity index (χ2n) is 10.6. The molecule has 0 aliphatic heterocycles. The van der Waals surface area contributed by atoms with Gasteiger partial charge in [0.2, 0.25) is 0 Å². The van der Waals surface area contributed by atoms with Crippen molar-refractivity contribution in [1.29, 1.82) is 0 Å². The molecule has 7 heteroatoms. The van der Waals surface area contributed by atoms with Crippen molar-refractivity contribution < 1.29 is 29.1 Å². The van der Waals surface area contributed by atoms with Crippen molar-refractivity contribution in [2.24, 2.45) is 10.8 Å². The minimum atomic E-state index is 0. The van der Waals surface area contributed by atoms with Crippen LogP contribution in [0.15, 0.2) is 0 Å². The average Bonchev–Trinajstić information content (AvgIpc) is 2.51.